The first-order valence-electron chi connectivity index (χ1n) is 9.54. The Hall–Kier alpha value is -3.49. The molecule has 1 aliphatic rings. The number of Topliss-reactive ketones (excluding diaryl/α,β-unsaturated/α-hetero) is 1. The number of halogens is 1. The predicted molar refractivity (Wildman–Crippen MR) is 121 cm³/mol. The van der Waals surface area contributed by atoms with Gasteiger partial charge in [0.15, 0.2) is 15.6 Å². The Bertz CT molecular complexity index is 1370. The molecule has 1 aliphatic heterocycles. The summed E-state index contributed by atoms with van der Waals surface area (Å²) in [5.74, 6) is -2.28. The van der Waals surface area contributed by atoms with Gasteiger partial charge in [-0.15, -0.1) is 0 Å². The highest BCUT2D eigenvalue weighted by atomic mass is 35.5. The van der Waals surface area contributed by atoms with Crippen LogP contribution in [0.1, 0.15) is 26.3 Å². The summed E-state index contributed by atoms with van der Waals surface area (Å²) >= 11 is 6.08. The van der Waals surface area contributed by atoms with Crippen molar-refractivity contribution in [2.45, 2.75) is 17.1 Å². The molecule has 0 saturated heterocycles. The van der Waals surface area contributed by atoms with Crippen LogP contribution in [0.15, 0.2) is 71.6 Å². The number of ketones is 1. The minimum absolute atomic E-state index is 0.0176. The van der Waals surface area contributed by atoms with E-state index in [0.29, 0.717) is 10.7 Å². The van der Waals surface area contributed by atoms with Gasteiger partial charge in [0.1, 0.15) is 0 Å². The first-order chi connectivity index (χ1) is 15.2. The Labute approximate surface area is 189 Å². The van der Waals surface area contributed by atoms with Crippen LogP contribution in [0.3, 0.4) is 0 Å². The molecule has 0 fully saturated rings. The Balaban J connectivity index is 1.62. The molecule has 1 atom stereocenters. The summed E-state index contributed by atoms with van der Waals surface area (Å²) in [5, 5.41) is 3.75. The molecule has 0 saturated carbocycles. The number of anilines is 2. The number of carbonyl (C=O) groups is 3. The van der Waals surface area contributed by atoms with Crippen LogP contribution >= 0.6 is 11.6 Å². The molecule has 7 nitrogen and oxygen atoms in total. The smallest absolute Gasteiger partial charge is 0.255 e. The third-order valence-corrected chi connectivity index (χ3v) is 7.48. The van der Waals surface area contributed by atoms with E-state index in [2.05, 4.69) is 10.6 Å². The molecule has 0 bridgehead atoms. The average Bonchev–Trinajstić information content (AvgIpc) is 2.76. The number of nitrogens with one attached hydrogen (secondary N) is 2. The highest BCUT2D eigenvalue weighted by Crippen LogP contribution is 2.30. The van der Waals surface area contributed by atoms with Crippen molar-refractivity contribution in [1.29, 1.82) is 0 Å². The maximum atomic E-state index is 12.9. The lowest BCUT2D eigenvalue weighted by Gasteiger charge is -2.24. The van der Waals surface area contributed by atoms with Crippen LogP contribution < -0.4 is 10.6 Å². The summed E-state index contributed by atoms with van der Waals surface area (Å²) in [6.45, 7) is 1.84. The molecular weight excluding hydrogens is 452 g/mol. The molecule has 4 rings (SSSR count). The molecular formula is C23H17ClN2O5S. The predicted octanol–water partition coefficient (Wildman–Crippen LogP) is 3.88. The van der Waals surface area contributed by atoms with Gasteiger partial charge < -0.3 is 10.6 Å². The largest absolute Gasteiger partial charge is 0.324 e. The van der Waals surface area contributed by atoms with E-state index in [1.165, 1.54) is 42.5 Å². The maximum absolute atomic E-state index is 12.9. The molecule has 32 heavy (non-hydrogen) atoms. The van der Waals surface area contributed by atoms with Crippen LogP contribution in [0.2, 0.25) is 5.02 Å². The molecule has 0 spiro atoms. The summed E-state index contributed by atoms with van der Waals surface area (Å²) < 4.78 is 25.8. The fourth-order valence-electron chi connectivity index (χ4n) is 3.36. The second-order valence-electron chi connectivity index (χ2n) is 7.27. The number of carbonyl (C=O) groups excluding carboxylic acids is 3. The summed E-state index contributed by atoms with van der Waals surface area (Å²) in [6.07, 6.45) is 0. The number of sulfone groups is 1. The van der Waals surface area contributed by atoms with Gasteiger partial charge in [0.05, 0.1) is 10.6 Å². The second kappa shape index (κ2) is 8.22. The Kier molecular flexibility index (Phi) is 5.58. The lowest BCUT2D eigenvalue weighted by Crippen LogP contribution is -2.45. The topological polar surface area (TPSA) is 109 Å². The van der Waals surface area contributed by atoms with E-state index in [0.717, 1.165) is 5.56 Å². The standard InChI is InChI=1S/C23H17ClN2O5S/c1-13-7-9-15(12-18(13)24)25-22(28)14-8-10-17-19(11-14)26-23(29)21(20(17)27)32(30,31)16-5-3-2-4-6-16/h2-12,21H,1H3,(H,25,28)(H,26,29). The van der Waals surface area contributed by atoms with Gasteiger partial charge in [-0.1, -0.05) is 35.9 Å². The molecule has 0 aliphatic carbocycles. The molecule has 0 radical (unpaired) electrons. The van der Waals surface area contributed by atoms with Crippen molar-refractivity contribution in [2.75, 3.05) is 10.6 Å². The van der Waals surface area contributed by atoms with Crippen LogP contribution in [0.25, 0.3) is 0 Å². The normalized spacial score (nSPS) is 15.6. The average molecular weight is 469 g/mol. The minimum Gasteiger partial charge on any atom is -0.324 e. The zero-order chi connectivity index (χ0) is 23.0. The Morgan fingerprint density at radius 3 is 2.41 bits per heavy atom. The summed E-state index contributed by atoms with van der Waals surface area (Å²) in [5.41, 5.74) is 1.62. The third kappa shape index (κ3) is 3.90. The van der Waals surface area contributed by atoms with Gasteiger partial charge in [0.25, 0.3) is 11.8 Å². The van der Waals surface area contributed by atoms with E-state index in [1.54, 1.807) is 24.3 Å². The van der Waals surface area contributed by atoms with Gasteiger partial charge in [-0.3, -0.25) is 14.4 Å². The monoisotopic (exact) mass is 468 g/mol. The number of amides is 2. The molecule has 3 aromatic rings. The van der Waals surface area contributed by atoms with E-state index in [1.807, 2.05) is 6.92 Å². The summed E-state index contributed by atoms with van der Waals surface area (Å²) in [7, 11) is -4.23. The number of hydrogen-bond acceptors (Lipinski definition) is 5. The van der Waals surface area contributed by atoms with E-state index >= 15 is 0 Å². The number of rotatable bonds is 4. The Morgan fingerprint density at radius 1 is 1.00 bits per heavy atom. The van der Waals surface area contributed by atoms with Gasteiger partial charge in [-0.25, -0.2) is 8.42 Å². The minimum atomic E-state index is -4.23. The summed E-state index contributed by atoms with van der Waals surface area (Å²) in [6, 6.07) is 16.4. The van der Waals surface area contributed by atoms with E-state index in [-0.39, 0.29) is 21.7 Å². The second-order valence-corrected chi connectivity index (χ2v) is 9.71. The highest BCUT2D eigenvalue weighted by Gasteiger charge is 2.44. The SMILES string of the molecule is Cc1ccc(NC(=O)c2ccc3c(c2)NC(=O)C(S(=O)(=O)c2ccccc2)C3=O)cc1Cl. The third-order valence-electron chi connectivity index (χ3n) is 5.09. The zero-order valence-corrected chi connectivity index (χ0v) is 18.3. The number of benzene rings is 3. The zero-order valence-electron chi connectivity index (χ0n) is 16.8. The van der Waals surface area contributed by atoms with Gasteiger partial charge in [0, 0.05) is 21.8 Å². The van der Waals surface area contributed by atoms with Crippen molar-refractivity contribution in [3.63, 3.8) is 0 Å². The van der Waals surface area contributed by atoms with Crippen molar-refractivity contribution in [3.8, 4) is 0 Å². The first kappa shape index (κ1) is 21.7. The molecule has 2 N–H and O–H groups in total. The Morgan fingerprint density at radius 2 is 1.72 bits per heavy atom. The van der Waals surface area contributed by atoms with Crippen molar-refractivity contribution in [1.82, 2.24) is 0 Å². The first-order valence-corrected chi connectivity index (χ1v) is 11.5. The van der Waals surface area contributed by atoms with Crippen LogP contribution in [0.4, 0.5) is 11.4 Å². The van der Waals surface area contributed by atoms with Crippen molar-refractivity contribution in [2.24, 2.45) is 0 Å². The van der Waals surface area contributed by atoms with Gasteiger partial charge >= 0.3 is 0 Å². The quantitative estimate of drug-likeness (QED) is 0.565. The van der Waals surface area contributed by atoms with Crippen LogP contribution in [0.5, 0.6) is 0 Å². The van der Waals surface area contributed by atoms with E-state index < -0.39 is 32.7 Å². The van der Waals surface area contributed by atoms with Crippen molar-refractivity contribution >= 4 is 50.4 Å². The molecule has 162 valence electrons. The van der Waals surface area contributed by atoms with Crippen molar-refractivity contribution < 1.29 is 22.8 Å². The lowest BCUT2D eigenvalue weighted by atomic mass is 9.99. The van der Waals surface area contributed by atoms with E-state index in [9.17, 15) is 22.8 Å². The molecule has 2 amide bonds. The van der Waals surface area contributed by atoms with Gasteiger partial charge in [-0.05, 0) is 55.0 Å². The number of fused-ring (bicyclic) bond motifs is 1. The van der Waals surface area contributed by atoms with Crippen LogP contribution in [-0.4, -0.2) is 31.3 Å². The van der Waals surface area contributed by atoms with E-state index in [4.69, 9.17) is 11.6 Å². The molecule has 0 aromatic heterocycles. The van der Waals surface area contributed by atoms with Gasteiger partial charge in [-0.2, -0.15) is 0 Å². The molecule has 1 unspecified atom stereocenters. The van der Waals surface area contributed by atoms with Crippen LogP contribution in [0, 0.1) is 6.92 Å². The molecule has 1 heterocycles. The summed E-state index contributed by atoms with van der Waals surface area (Å²) in [4.78, 5) is 38.0. The van der Waals surface area contributed by atoms with Crippen LogP contribution in [-0.2, 0) is 14.6 Å². The molecule has 3 aromatic carbocycles. The number of aryl methyl sites for hydroxylation is 1. The maximum Gasteiger partial charge on any atom is 0.255 e. The van der Waals surface area contributed by atoms with Gasteiger partial charge in [0.2, 0.25) is 5.25 Å². The van der Waals surface area contributed by atoms with Crippen molar-refractivity contribution in [3.05, 3.63) is 88.4 Å². The lowest BCUT2D eigenvalue weighted by molar-refractivity contribution is -0.115. The molecule has 9 heteroatoms. The number of hydrogen-bond donors (Lipinski definition) is 2. The fourth-order valence-corrected chi connectivity index (χ4v) is 5.10. The fraction of sp³-hybridized carbons (Fsp3) is 0.0870. The highest BCUT2D eigenvalue weighted by molar-refractivity contribution is 7.93.